The van der Waals surface area contributed by atoms with E-state index in [2.05, 4.69) is 0 Å². The van der Waals surface area contributed by atoms with Gasteiger partial charge < -0.3 is 4.74 Å². The Morgan fingerprint density at radius 3 is 3.00 bits per heavy atom. The smallest absolute Gasteiger partial charge is 0.316 e. The van der Waals surface area contributed by atoms with Crippen LogP contribution in [0.1, 0.15) is 13.8 Å². The van der Waals surface area contributed by atoms with E-state index in [0.29, 0.717) is 6.54 Å². The highest BCUT2D eigenvalue weighted by Gasteiger charge is 2.68. The van der Waals surface area contributed by atoms with Gasteiger partial charge in [-0.05, 0) is 13.8 Å². The zero-order chi connectivity index (χ0) is 8.51. The summed E-state index contributed by atoms with van der Waals surface area (Å²) in [5.41, 5.74) is -0.392. The lowest BCUT2D eigenvalue weighted by Gasteiger charge is -2.23. The van der Waals surface area contributed by atoms with E-state index in [0.717, 1.165) is 0 Å². The minimum atomic E-state index is -0.392. The highest BCUT2D eigenvalue weighted by molar-refractivity contribution is 5.81. The van der Waals surface area contributed by atoms with E-state index in [1.165, 1.54) is 0 Å². The van der Waals surface area contributed by atoms with E-state index in [4.69, 9.17) is 9.57 Å². The Kier molecular flexibility index (Phi) is 0.957. The first-order valence-corrected chi connectivity index (χ1v) is 4.27. The number of carbonyl (C=O) groups excluding carboxylic acids is 1. The zero-order valence-electron chi connectivity index (χ0n) is 7.11. The standard InChI is InChI=1S/C8H11NO3/c1-4-5-6-8(2,7(10)11-5)3-9(4)12-6/h4-6H,3H2,1-2H3. The first kappa shape index (κ1) is 6.86. The molecule has 0 saturated carbocycles. The molecule has 0 spiro atoms. The molecule has 0 aromatic carbocycles. The molecule has 12 heavy (non-hydrogen) atoms. The second-order valence-corrected chi connectivity index (χ2v) is 4.13. The number of carbonyl (C=O) groups is 1. The second-order valence-electron chi connectivity index (χ2n) is 4.13. The van der Waals surface area contributed by atoms with Gasteiger partial charge in [-0.3, -0.25) is 9.63 Å². The van der Waals surface area contributed by atoms with Crippen LogP contribution in [-0.4, -0.2) is 35.8 Å². The van der Waals surface area contributed by atoms with Gasteiger partial charge in [0, 0.05) is 6.54 Å². The van der Waals surface area contributed by atoms with Gasteiger partial charge in [-0.1, -0.05) is 0 Å². The van der Waals surface area contributed by atoms with Gasteiger partial charge in [-0.25, -0.2) is 0 Å². The summed E-state index contributed by atoms with van der Waals surface area (Å²) >= 11 is 0. The largest absolute Gasteiger partial charge is 0.457 e. The summed E-state index contributed by atoms with van der Waals surface area (Å²) in [5.74, 6) is -0.0932. The molecule has 4 nitrogen and oxygen atoms in total. The van der Waals surface area contributed by atoms with Crippen molar-refractivity contribution in [2.24, 2.45) is 5.41 Å². The first-order valence-electron chi connectivity index (χ1n) is 4.27. The van der Waals surface area contributed by atoms with Gasteiger partial charge in [0.25, 0.3) is 0 Å². The van der Waals surface area contributed by atoms with Crippen molar-refractivity contribution in [2.45, 2.75) is 32.1 Å². The van der Waals surface area contributed by atoms with Gasteiger partial charge in [-0.15, -0.1) is 0 Å². The van der Waals surface area contributed by atoms with Gasteiger partial charge in [0.05, 0.1) is 6.04 Å². The lowest BCUT2D eigenvalue weighted by Crippen LogP contribution is -2.44. The summed E-state index contributed by atoms with van der Waals surface area (Å²) in [6, 6.07) is 0.231. The van der Waals surface area contributed by atoms with Crippen molar-refractivity contribution in [3.05, 3.63) is 0 Å². The molecule has 3 aliphatic rings. The summed E-state index contributed by atoms with van der Waals surface area (Å²) in [5, 5.41) is 1.88. The SMILES string of the molecule is CC1C2OC(=O)C3(C)CN1OC23. The molecule has 0 aliphatic carbocycles. The quantitative estimate of drug-likeness (QED) is 0.476. The summed E-state index contributed by atoms with van der Waals surface area (Å²) in [6.07, 6.45) is -0.0590. The van der Waals surface area contributed by atoms with Crippen molar-refractivity contribution in [3.8, 4) is 0 Å². The fourth-order valence-corrected chi connectivity index (χ4v) is 2.39. The minimum Gasteiger partial charge on any atom is -0.457 e. The topological polar surface area (TPSA) is 38.8 Å². The maximum atomic E-state index is 11.4. The summed E-state index contributed by atoms with van der Waals surface area (Å²) in [7, 11) is 0. The highest BCUT2D eigenvalue weighted by atomic mass is 16.7. The fourth-order valence-electron chi connectivity index (χ4n) is 2.39. The van der Waals surface area contributed by atoms with E-state index < -0.39 is 5.41 Å². The van der Waals surface area contributed by atoms with Crippen LogP contribution in [0.4, 0.5) is 0 Å². The minimum absolute atomic E-state index is 0.0278. The molecule has 3 fully saturated rings. The molecule has 3 rings (SSSR count). The summed E-state index contributed by atoms with van der Waals surface area (Å²) in [6.45, 7) is 4.64. The number of nitrogens with zero attached hydrogens (tertiary/aromatic N) is 1. The van der Waals surface area contributed by atoms with Crippen LogP contribution in [-0.2, 0) is 14.4 Å². The predicted molar refractivity (Wildman–Crippen MR) is 39.0 cm³/mol. The van der Waals surface area contributed by atoms with Crippen LogP contribution >= 0.6 is 0 Å². The fraction of sp³-hybridized carbons (Fsp3) is 0.875. The maximum Gasteiger partial charge on any atom is 0.316 e. The number of fused-ring (bicyclic) bond motifs is 1. The average molecular weight is 169 g/mol. The lowest BCUT2D eigenvalue weighted by molar-refractivity contribution is -0.147. The van der Waals surface area contributed by atoms with E-state index >= 15 is 0 Å². The predicted octanol–water partition coefficient (Wildman–Crippen LogP) is -0.0640. The van der Waals surface area contributed by atoms with Crippen LogP contribution < -0.4 is 0 Å². The van der Waals surface area contributed by atoms with Crippen LogP contribution in [0.3, 0.4) is 0 Å². The van der Waals surface area contributed by atoms with Crippen molar-refractivity contribution >= 4 is 5.97 Å². The normalized spacial score (nSPS) is 61.0. The maximum absolute atomic E-state index is 11.4. The number of hydrogen-bond donors (Lipinski definition) is 0. The lowest BCUT2D eigenvalue weighted by atomic mass is 9.81. The molecular weight excluding hydrogens is 158 g/mol. The third kappa shape index (κ3) is 0.499. The molecular formula is C8H11NO3. The Labute approximate surface area is 70.4 Å². The van der Waals surface area contributed by atoms with Crippen LogP contribution in [0.25, 0.3) is 0 Å². The van der Waals surface area contributed by atoms with E-state index in [1.807, 2.05) is 18.9 Å². The molecule has 0 amide bonds. The molecule has 4 heteroatoms. The molecule has 2 bridgehead atoms. The van der Waals surface area contributed by atoms with Crippen molar-refractivity contribution in [1.82, 2.24) is 5.06 Å². The van der Waals surface area contributed by atoms with Gasteiger partial charge in [0.15, 0.2) is 0 Å². The summed E-state index contributed by atoms with van der Waals surface area (Å²) in [4.78, 5) is 17.0. The third-order valence-corrected chi connectivity index (χ3v) is 3.30. The van der Waals surface area contributed by atoms with Crippen LogP contribution in [0.5, 0.6) is 0 Å². The molecule has 3 saturated heterocycles. The van der Waals surface area contributed by atoms with Gasteiger partial charge >= 0.3 is 5.97 Å². The van der Waals surface area contributed by atoms with Crippen molar-refractivity contribution in [3.63, 3.8) is 0 Å². The second kappa shape index (κ2) is 1.67. The molecule has 5 unspecified atom stereocenters. The molecule has 0 aromatic rings. The Balaban J connectivity index is 2.09. The third-order valence-electron chi connectivity index (χ3n) is 3.30. The van der Waals surface area contributed by atoms with E-state index in [-0.39, 0.29) is 24.2 Å². The molecule has 66 valence electrons. The number of esters is 1. The molecule has 0 N–H and O–H groups in total. The number of piperidine rings is 1. The van der Waals surface area contributed by atoms with E-state index in [1.54, 1.807) is 0 Å². The molecule has 3 aliphatic heterocycles. The Hall–Kier alpha value is -0.610. The van der Waals surface area contributed by atoms with Crippen molar-refractivity contribution in [1.29, 1.82) is 0 Å². The number of hydrogen-bond acceptors (Lipinski definition) is 4. The molecule has 0 radical (unpaired) electrons. The zero-order valence-corrected chi connectivity index (χ0v) is 7.11. The Bertz CT molecular complexity index is 267. The van der Waals surface area contributed by atoms with Crippen molar-refractivity contribution < 1.29 is 14.4 Å². The van der Waals surface area contributed by atoms with Crippen molar-refractivity contribution in [2.75, 3.05) is 6.54 Å². The number of hydroxylamine groups is 2. The van der Waals surface area contributed by atoms with Crippen LogP contribution in [0.15, 0.2) is 0 Å². The van der Waals surface area contributed by atoms with Gasteiger partial charge in [-0.2, -0.15) is 5.06 Å². The monoisotopic (exact) mass is 169 g/mol. The van der Waals surface area contributed by atoms with Crippen LogP contribution in [0.2, 0.25) is 0 Å². The first-order chi connectivity index (χ1) is 5.63. The Morgan fingerprint density at radius 1 is 1.67 bits per heavy atom. The number of rotatable bonds is 0. The van der Waals surface area contributed by atoms with Crippen LogP contribution in [0, 0.1) is 5.41 Å². The number of ether oxygens (including phenoxy) is 1. The van der Waals surface area contributed by atoms with E-state index in [9.17, 15) is 4.79 Å². The summed E-state index contributed by atoms with van der Waals surface area (Å²) < 4.78 is 5.25. The van der Waals surface area contributed by atoms with Gasteiger partial charge in [0.1, 0.15) is 17.6 Å². The average Bonchev–Trinajstić information content (AvgIpc) is 2.53. The molecule has 3 heterocycles. The Morgan fingerprint density at radius 2 is 2.42 bits per heavy atom. The molecule has 5 atom stereocenters. The van der Waals surface area contributed by atoms with Gasteiger partial charge in [0.2, 0.25) is 0 Å². The molecule has 0 aromatic heterocycles. The highest BCUT2D eigenvalue weighted by Crippen LogP contribution is 2.50.